The number of carbonyl (C=O) groups is 1. The molecule has 2 aromatic heterocycles. The van der Waals surface area contributed by atoms with Crippen molar-refractivity contribution in [2.24, 2.45) is 0 Å². The number of aryl methyl sites for hydroxylation is 2. The minimum absolute atomic E-state index is 0.182. The molecule has 0 amide bonds. The van der Waals surface area contributed by atoms with E-state index in [1.54, 1.807) is 9.36 Å². The minimum atomic E-state index is -0.973. The lowest BCUT2D eigenvalue weighted by atomic mass is 10.4. The van der Waals surface area contributed by atoms with Crippen LogP contribution in [0.15, 0.2) is 18.5 Å². The maximum absolute atomic E-state index is 10.7. The highest BCUT2D eigenvalue weighted by Gasteiger charge is 2.07. The van der Waals surface area contributed by atoms with Crippen molar-refractivity contribution in [3.05, 3.63) is 35.4 Å². The van der Waals surface area contributed by atoms with E-state index in [4.69, 9.17) is 5.11 Å². The number of hydrogen-bond acceptors (Lipinski definition) is 3. The second-order valence-electron chi connectivity index (χ2n) is 3.64. The van der Waals surface area contributed by atoms with Crippen molar-refractivity contribution in [3.63, 3.8) is 0 Å². The first-order valence-corrected chi connectivity index (χ1v) is 4.83. The van der Waals surface area contributed by atoms with E-state index in [0.717, 1.165) is 11.4 Å². The van der Waals surface area contributed by atoms with Crippen LogP contribution in [-0.4, -0.2) is 30.6 Å². The zero-order valence-electron chi connectivity index (χ0n) is 9.08. The van der Waals surface area contributed by atoms with E-state index in [1.807, 2.05) is 19.9 Å². The van der Waals surface area contributed by atoms with Crippen LogP contribution in [0.3, 0.4) is 0 Å². The molecule has 0 aliphatic rings. The molecular weight excluding hydrogens is 208 g/mol. The minimum Gasteiger partial charge on any atom is -0.478 e. The Morgan fingerprint density at radius 3 is 2.75 bits per heavy atom. The lowest BCUT2D eigenvalue weighted by molar-refractivity contribution is 0.0696. The number of hydrogen-bond donors (Lipinski definition) is 1. The molecule has 2 rings (SSSR count). The highest BCUT2D eigenvalue weighted by Crippen LogP contribution is 2.03. The lowest BCUT2D eigenvalue weighted by Gasteiger charge is -2.03. The first kappa shape index (κ1) is 10.4. The summed E-state index contributed by atoms with van der Waals surface area (Å²) >= 11 is 0. The smallest absolute Gasteiger partial charge is 0.338 e. The fourth-order valence-corrected chi connectivity index (χ4v) is 1.51. The van der Waals surface area contributed by atoms with Gasteiger partial charge in [0.25, 0.3) is 0 Å². The topological polar surface area (TPSA) is 72.9 Å². The number of aromatic nitrogens is 4. The summed E-state index contributed by atoms with van der Waals surface area (Å²) in [6.07, 6.45) is 2.81. The molecule has 0 aliphatic heterocycles. The first-order valence-electron chi connectivity index (χ1n) is 4.83. The molecule has 84 valence electrons. The molecule has 2 aromatic rings. The average molecular weight is 220 g/mol. The Morgan fingerprint density at radius 2 is 2.25 bits per heavy atom. The molecule has 0 bridgehead atoms. The highest BCUT2D eigenvalue weighted by molar-refractivity contribution is 5.86. The van der Waals surface area contributed by atoms with E-state index in [2.05, 4.69) is 10.2 Å². The van der Waals surface area contributed by atoms with Crippen molar-refractivity contribution in [1.29, 1.82) is 0 Å². The van der Waals surface area contributed by atoms with E-state index < -0.39 is 5.97 Å². The third kappa shape index (κ3) is 1.95. The molecule has 16 heavy (non-hydrogen) atoms. The molecule has 0 saturated carbocycles. The third-order valence-corrected chi connectivity index (χ3v) is 2.26. The Bertz CT molecular complexity index is 527. The lowest BCUT2D eigenvalue weighted by Crippen LogP contribution is -2.11. The van der Waals surface area contributed by atoms with E-state index >= 15 is 0 Å². The molecule has 0 spiro atoms. The Kier molecular flexibility index (Phi) is 2.47. The fraction of sp³-hybridized carbons (Fsp3) is 0.300. The molecule has 0 radical (unpaired) electrons. The second kappa shape index (κ2) is 3.80. The monoisotopic (exact) mass is 220 g/mol. The number of rotatable bonds is 3. The summed E-state index contributed by atoms with van der Waals surface area (Å²) in [5.41, 5.74) is 2.13. The van der Waals surface area contributed by atoms with Crippen LogP contribution in [0.5, 0.6) is 0 Å². The van der Waals surface area contributed by atoms with Crippen LogP contribution >= 0.6 is 0 Å². The van der Waals surface area contributed by atoms with Crippen molar-refractivity contribution < 1.29 is 9.90 Å². The van der Waals surface area contributed by atoms with Crippen molar-refractivity contribution in [3.8, 4) is 0 Å². The molecule has 1 N–H and O–H groups in total. The van der Waals surface area contributed by atoms with Crippen LogP contribution in [0.4, 0.5) is 0 Å². The molecule has 0 saturated heterocycles. The standard InChI is InChI=1S/C10H12N4O2/c1-7-3-8(2)14(12-7)6-13-5-9(4-11-13)10(15)16/h3-5H,6H2,1-2H3,(H,15,16). The van der Waals surface area contributed by atoms with Gasteiger partial charge >= 0.3 is 5.97 Å². The summed E-state index contributed by atoms with van der Waals surface area (Å²) < 4.78 is 3.32. The highest BCUT2D eigenvalue weighted by atomic mass is 16.4. The predicted molar refractivity (Wildman–Crippen MR) is 56.3 cm³/mol. The SMILES string of the molecule is Cc1cc(C)n(Cn2cc(C(=O)O)cn2)n1. The molecule has 0 aromatic carbocycles. The van der Waals surface area contributed by atoms with Gasteiger partial charge in [-0.1, -0.05) is 0 Å². The van der Waals surface area contributed by atoms with Crippen LogP contribution < -0.4 is 0 Å². The van der Waals surface area contributed by atoms with Gasteiger partial charge in [0.1, 0.15) is 6.67 Å². The summed E-state index contributed by atoms with van der Waals surface area (Å²) in [5.74, 6) is -0.973. The van der Waals surface area contributed by atoms with Gasteiger partial charge in [0.2, 0.25) is 0 Å². The Hall–Kier alpha value is -2.11. The molecule has 0 fully saturated rings. The quantitative estimate of drug-likeness (QED) is 0.834. The molecule has 2 heterocycles. The van der Waals surface area contributed by atoms with Gasteiger partial charge in [-0.25, -0.2) is 9.48 Å². The summed E-state index contributed by atoms with van der Waals surface area (Å²) in [6, 6.07) is 1.96. The first-order chi connectivity index (χ1) is 7.56. The van der Waals surface area contributed by atoms with E-state index in [1.165, 1.54) is 12.4 Å². The fourth-order valence-electron chi connectivity index (χ4n) is 1.51. The van der Waals surface area contributed by atoms with Crippen LogP contribution in [-0.2, 0) is 6.67 Å². The van der Waals surface area contributed by atoms with Crippen molar-refractivity contribution in [2.45, 2.75) is 20.5 Å². The van der Waals surface area contributed by atoms with E-state index in [-0.39, 0.29) is 5.56 Å². The summed E-state index contributed by atoms with van der Waals surface area (Å²) in [6.45, 7) is 4.28. The Labute approximate surface area is 92.1 Å². The van der Waals surface area contributed by atoms with Gasteiger partial charge in [0.05, 0.1) is 17.5 Å². The van der Waals surface area contributed by atoms with Gasteiger partial charge in [-0.15, -0.1) is 0 Å². The van der Waals surface area contributed by atoms with Crippen LogP contribution in [0.2, 0.25) is 0 Å². The molecule has 6 heteroatoms. The second-order valence-corrected chi connectivity index (χ2v) is 3.64. The summed E-state index contributed by atoms with van der Waals surface area (Å²) in [7, 11) is 0. The van der Waals surface area contributed by atoms with Gasteiger partial charge in [0, 0.05) is 11.9 Å². The summed E-state index contributed by atoms with van der Waals surface area (Å²) in [4.78, 5) is 10.7. The van der Waals surface area contributed by atoms with E-state index in [0.29, 0.717) is 6.67 Å². The molecule has 0 atom stereocenters. The van der Waals surface area contributed by atoms with Crippen LogP contribution in [0.1, 0.15) is 21.7 Å². The predicted octanol–water partition coefficient (Wildman–Crippen LogP) is 0.900. The average Bonchev–Trinajstić information content (AvgIpc) is 2.75. The zero-order chi connectivity index (χ0) is 11.7. The Balaban J connectivity index is 2.20. The number of carboxylic acids is 1. The van der Waals surface area contributed by atoms with E-state index in [9.17, 15) is 4.79 Å². The molecule has 6 nitrogen and oxygen atoms in total. The Morgan fingerprint density at radius 1 is 1.50 bits per heavy atom. The molecule has 0 aliphatic carbocycles. The number of carboxylic acid groups (broad SMARTS) is 1. The van der Waals surface area contributed by atoms with Crippen LogP contribution in [0.25, 0.3) is 0 Å². The van der Waals surface area contributed by atoms with Crippen molar-refractivity contribution in [1.82, 2.24) is 19.6 Å². The van der Waals surface area contributed by atoms with Crippen LogP contribution in [0, 0.1) is 13.8 Å². The van der Waals surface area contributed by atoms with Gasteiger partial charge in [-0.05, 0) is 19.9 Å². The molecule has 0 unspecified atom stereocenters. The van der Waals surface area contributed by atoms with Gasteiger partial charge in [0.15, 0.2) is 0 Å². The zero-order valence-corrected chi connectivity index (χ0v) is 9.08. The van der Waals surface area contributed by atoms with Gasteiger partial charge < -0.3 is 5.11 Å². The largest absolute Gasteiger partial charge is 0.478 e. The number of nitrogens with zero attached hydrogens (tertiary/aromatic N) is 4. The van der Waals surface area contributed by atoms with Crippen molar-refractivity contribution >= 4 is 5.97 Å². The maximum atomic E-state index is 10.7. The third-order valence-electron chi connectivity index (χ3n) is 2.26. The normalized spacial score (nSPS) is 10.6. The van der Waals surface area contributed by atoms with Crippen molar-refractivity contribution in [2.75, 3.05) is 0 Å². The van der Waals surface area contributed by atoms with Gasteiger partial charge in [-0.3, -0.25) is 4.68 Å². The number of aromatic carboxylic acids is 1. The molecular formula is C10H12N4O2. The maximum Gasteiger partial charge on any atom is 0.338 e. The van der Waals surface area contributed by atoms with Gasteiger partial charge in [-0.2, -0.15) is 10.2 Å². The summed E-state index contributed by atoms with van der Waals surface area (Å²) in [5, 5.41) is 17.0.